The van der Waals surface area contributed by atoms with Gasteiger partial charge in [-0.1, -0.05) is 28.9 Å². The van der Waals surface area contributed by atoms with Gasteiger partial charge in [-0.3, -0.25) is 4.90 Å². The van der Waals surface area contributed by atoms with E-state index in [9.17, 15) is 0 Å². The van der Waals surface area contributed by atoms with Crippen molar-refractivity contribution in [3.63, 3.8) is 0 Å². The van der Waals surface area contributed by atoms with E-state index >= 15 is 0 Å². The van der Waals surface area contributed by atoms with Crippen LogP contribution < -0.4 is 5.32 Å². The lowest BCUT2D eigenvalue weighted by molar-refractivity contribution is 0.0378. The van der Waals surface area contributed by atoms with Gasteiger partial charge in [0, 0.05) is 30.2 Å². The topological polar surface area (TPSA) is 76.3 Å². The van der Waals surface area contributed by atoms with Gasteiger partial charge in [-0.15, -0.1) is 0 Å². The minimum atomic E-state index is 0.464. The van der Waals surface area contributed by atoms with E-state index in [1.807, 2.05) is 24.3 Å². The first-order valence-electron chi connectivity index (χ1n) is 8.71. The van der Waals surface area contributed by atoms with Gasteiger partial charge in [0.2, 0.25) is 0 Å². The number of nitrogens with zero attached hydrogens (tertiary/aromatic N) is 4. The van der Waals surface area contributed by atoms with E-state index in [0.717, 1.165) is 62.6 Å². The van der Waals surface area contributed by atoms with Crippen molar-refractivity contribution in [3.05, 3.63) is 35.6 Å². The maximum Gasteiger partial charge on any atom is 0.263 e. The zero-order chi connectivity index (χ0) is 17.8. The molecule has 1 saturated heterocycles. The zero-order valence-corrected chi connectivity index (χ0v) is 15.1. The highest BCUT2D eigenvalue weighted by atomic mass is 35.5. The van der Waals surface area contributed by atoms with E-state index in [1.165, 1.54) is 6.33 Å². The lowest BCUT2D eigenvalue weighted by atomic mass is 10.1. The van der Waals surface area contributed by atoms with Crippen molar-refractivity contribution in [2.75, 3.05) is 44.7 Å². The molecule has 3 heterocycles. The van der Waals surface area contributed by atoms with Gasteiger partial charge in [0.15, 0.2) is 0 Å². The maximum absolute atomic E-state index is 6.11. The molecule has 0 spiro atoms. The Hall–Kier alpha value is -2.22. The highest BCUT2D eigenvalue weighted by Crippen LogP contribution is 2.32. The smallest absolute Gasteiger partial charge is 0.263 e. The fourth-order valence-corrected chi connectivity index (χ4v) is 3.28. The Bertz CT molecular complexity index is 879. The van der Waals surface area contributed by atoms with Crippen LogP contribution in [0.1, 0.15) is 6.42 Å². The first kappa shape index (κ1) is 17.2. The molecule has 136 valence electrons. The van der Waals surface area contributed by atoms with Crippen LogP contribution in [0, 0.1) is 0 Å². The average molecular weight is 374 g/mol. The standard InChI is InChI=1S/C18H20ClN5O2/c19-14-4-1-3-13(11-14)16-15-17(21-12-22-18(15)26-23-16)20-5-2-6-24-7-9-25-10-8-24/h1,3-4,11-12H,2,5-10H2,(H,20,21,22). The number of fused-ring (bicyclic) bond motifs is 1. The number of hydrogen-bond acceptors (Lipinski definition) is 7. The quantitative estimate of drug-likeness (QED) is 0.665. The third-order valence-corrected chi connectivity index (χ3v) is 4.65. The van der Waals surface area contributed by atoms with Crippen LogP contribution in [0.2, 0.25) is 5.02 Å². The molecule has 1 fully saturated rings. The summed E-state index contributed by atoms with van der Waals surface area (Å²) in [6.45, 7) is 5.50. The van der Waals surface area contributed by atoms with Crippen LogP contribution in [-0.4, -0.2) is 59.4 Å². The van der Waals surface area contributed by atoms with Gasteiger partial charge < -0.3 is 14.6 Å². The lowest BCUT2D eigenvalue weighted by Gasteiger charge is -2.26. The van der Waals surface area contributed by atoms with Crippen LogP contribution in [0.5, 0.6) is 0 Å². The summed E-state index contributed by atoms with van der Waals surface area (Å²) in [5.74, 6) is 0.730. The van der Waals surface area contributed by atoms with Crippen molar-refractivity contribution in [1.29, 1.82) is 0 Å². The summed E-state index contributed by atoms with van der Waals surface area (Å²) in [6.07, 6.45) is 2.50. The predicted octanol–water partition coefficient (Wildman–Crippen LogP) is 3.07. The zero-order valence-electron chi connectivity index (χ0n) is 14.3. The number of hydrogen-bond donors (Lipinski definition) is 1. The molecular weight excluding hydrogens is 354 g/mol. The van der Waals surface area contributed by atoms with Gasteiger partial charge in [0.05, 0.1) is 13.2 Å². The van der Waals surface area contributed by atoms with Crippen molar-refractivity contribution in [2.24, 2.45) is 0 Å². The van der Waals surface area contributed by atoms with Crippen molar-refractivity contribution < 1.29 is 9.26 Å². The summed E-state index contributed by atoms with van der Waals surface area (Å²) in [6, 6.07) is 7.51. The molecule has 0 bridgehead atoms. The number of anilines is 1. The van der Waals surface area contributed by atoms with Gasteiger partial charge in [0.25, 0.3) is 5.71 Å². The third-order valence-electron chi connectivity index (χ3n) is 4.42. The number of benzene rings is 1. The second-order valence-electron chi connectivity index (χ2n) is 6.18. The van der Waals surface area contributed by atoms with Crippen LogP contribution in [0.15, 0.2) is 35.1 Å². The molecule has 7 nitrogen and oxygen atoms in total. The summed E-state index contributed by atoms with van der Waals surface area (Å²) in [7, 11) is 0. The summed E-state index contributed by atoms with van der Waals surface area (Å²) in [5.41, 5.74) is 2.03. The molecule has 1 N–H and O–H groups in total. The molecule has 0 atom stereocenters. The maximum atomic E-state index is 6.11. The SMILES string of the molecule is Clc1cccc(-c2noc3ncnc(NCCCN4CCOCC4)c23)c1. The number of ether oxygens (including phenoxy) is 1. The Kier molecular flexibility index (Phi) is 5.29. The largest absolute Gasteiger partial charge is 0.379 e. The average Bonchev–Trinajstić information content (AvgIpc) is 3.11. The minimum Gasteiger partial charge on any atom is -0.379 e. The summed E-state index contributed by atoms with van der Waals surface area (Å²) in [5, 5.41) is 8.99. The van der Waals surface area contributed by atoms with E-state index in [-0.39, 0.29) is 0 Å². The van der Waals surface area contributed by atoms with E-state index in [4.69, 9.17) is 20.9 Å². The molecule has 4 rings (SSSR count). The minimum absolute atomic E-state index is 0.464. The fraction of sp³-hybridized carbons (Fsp3) is 0.389. The van der Waals surface area contributed by atoms with E-state index in [2.05, 4.69) is 25.3 Å². The Labute approximate surface area is 156 Å². The molecule has 3 aromatic rings. The van der Waals surface area contributed by atoms with Crippen LogP contribution >= 0.6 is 11.6 Å². The number of aromatic nitrogens is 3. The van der Waals surface area contributed by atoms with Gasteiger partial charge in [-0.25, -0.2) is 4.98 Å². The number of morpholine rings is 1. The molecule has 0 saturated carbocycles. The summed E-state index contributed by atoms with van der Waals surface area (Å²) in [4.78, 5) is 11.0. The number of halogens is 1. The normalized spacial score (nSPS) is 15.4. The Balaban J connectivity index is 1.49. The molecule has 1 aliphatic heterocycles. The molecule has 1 aliphatic rings. The number of nitrogens with one attached hydrogen (secondary N) is 1. The first-order valence-corrected chi connectivity index (χ1v) is 9.09. The molecule has 26 heavy (non-hydrogen) atoms. The molecule has 0 unspecified atom stereocenters. The molecule has 2 aromatic heterocycles. The summed E-state index contributed by atoms with van der Waals surface area (Å²) < 4.78 is 10.8. The van der Waals surface area contributed by atoms with Gasteiger partial charge in [-0.05, 0) is 25.1 Å². The highest BCUT2D eigenvalue weighted by Gasteiger charge is 2.17. The molecule has 8 heteroatoms. The highest BCUT2D eigenvalue weighted by molar-refractivity contribution is 6.30. The second kappa shape index (κ2) is 7.99. The molecular formula is C18H20ClN5O2. The first-order chi connectivity index (χ1) is 12.8. The predicted molar refractivity (Wildman–Crippen MR) is 100 cm³/mol. The Morgan fingerprint density at radius 2 is 2.08 bits per heavy atom. The van der Waals surface area contributed by atoms with Crippen molar-refractivity contribution in [2.45, 2.75) is 6.42 Å². The van der Waals surface area contributed by atoms with Crippen LogP contribution in [0.3, 0.4) is 0 Å². The van der Waals surface area contributed by atoms with Gasteiger partial charge in [0.1, 0.15) is 23.2 Å². The van der Waals surface area contributed by atoms with Crippen molar-refractivity contribution in [1.82, 2.24) is 20.0 Å². The number of rotatable bonds is 6. The van der Waals surface area contributed by atoms with Crippen LogP contribution in [0.4, 0.5) is 5.82 Å². The summed E-state index contributed by atoms with van der Waals surface area (Å²) >= 11 is 6.11. The van der Waals surface area contributed by atoms with Gasteiger partial charge >= 0.3 is 0 Å². The molecule has 0 aliphatic carbocycles. The molecule has 1 aromatic carbocycles. The fourth-order valence-electron chi connectivity index (χ4n) is 3.09. The Morgan fingerprint density at radius 3 is 2.92 bits per heavy atom. The van der Waals surface area contributed by atoms with E-state index in [0.29, 0.717) is 16.4 Å². The van der Waals surface area contributed by atoms with Crippen molar-refractivity contribution >= 4 is 28.5 Å². The molecule has 0 radical (unpaired) electrons. The van der Waals surface area contributed by atoms with Crippen LogP contribution in [0.25, 0.3) is 22.4 Å². The van der Waals surface area contributed by atoms with Crippen molar-refractivity contribution in [3.8, 4) is 11.3 Å². The second-order valence-corrected chi connectivity index (χ2v) is 6.61. The third kappa shape index (κ3) is 3.80. The van der Waals surface area contributed by atoms with Crippen LogP contribution in [-0.2, 0) is 4.74 Å². The monoisotopic (exact) mass is 373 g/mol. The molecule has 0 amide bonds. The Morgan fingerprint density at radius 1 is 1.19 bits per heavy atom. The lowest BCUT2D eigenvalue weighted by Crippen LogP contribution is -2.37. The van der Waals surface area contributed by atoms with E-state index < -0.39 is 0 Å². The van der Waals surface area contributed by atoms with E-state index in [1.54, 1.807) is 0 Å². The van der Waals surface area contributed by atoms with Gasteiger partial charge in [-0.2, -0.15) is 4.98 Å².